The monoisotopic (exact) mass is 427 g/mol. The van der Waals surface area contributed by atoms with Crippen molar-refractivity contribution < 1.29 is 22.4 Å². The number of methoxy groups -OCH3 is 1. The first-order valence-corrected chi connectivity index (χ1v) is 11.7. The quantitative estimate of drug-likeness (QED) is 0.562. The number of anilines is 1. The number of carbonyl (C=O) groups is 1. The Balaban J connectivity index is 1.83. The predicted molar refractivity (Wildman–Crippen MR) is 115 cm³/mol. The molecule has 1 aliphatic rings. The van der Waals surface area contributed by atoms with Crippen molar-refractivity contribution in [2.45, 2.75) is 50.3 Å². The maximum absolute atomic E-state index is 13.5. The van der Waals surface area contributed by atoms with E-state index in [2.05, 4.69) is 0 Å². The number of fused-ring (bicyclic) bond motifs is 3. The van der Waals surface area contributed by atoms with E-state index in [-0.39, 0.29) is 11.3 Å². The van der Waals surface area contributed by atoms with Gasteiger partial charge in [-0.25, -0.2) is 12.7 Å². The van der Waals surface area contributed by atoms with Crippen LogP contribution in [-0.2, 0) is 27.7 Å². The molecule has 0 spiro atoms. The molecule has 4 rings (SSSR count). The lowest BCUT2D eigenvalue weighted by Crippen LogP contribution is -2.36. The maximum atomic E-state index is 13.5. The Labute approximate surface area is 176 Å². The summed E-state index contributed by atoms with van der Waals surface area (Å²) >= 11 is 0. The Morgan fingerprint density at radius 2 is 1.83 bits per heavy atom. The molecule has 158 valence electrons. The standard InChI is InChI=1S/C23H25NO5S/c1-3-6-23(25)24(30(26,27)18-12-10-17(28-2)11-13-18)16-9-14-22-20(15-16)19-7-4-5-8-21(19)29-22/h9-15H,3-8H2,1-2H3. The highest BCUT2D eigenvalue weighted by atomic mass is 32.2. The zero-order valence-electron chi connectivity index (χ0n) is 17.2. The van der Waals surface area contributed by atoms with Crippen LogP contribution < -0.4 is 9.04 Å². The molecule has 3 aromatic rings. The second kappa shape index (κ2) is 8.14. The van der Waals surface area contributed by atoms with E-state index < -0.39 is 15.9 Å². The average Bonchev–Trinajstić information content (AvgIpc) is 3.12. The van der Waals surface area contributed by atoms with Gasteiger partial charge in [0.1, 0.15) is 17.1 Å². The van der Waals surface area contributed by atoms with E-state index >= 15 is 0 Å². The molecule has 0 saturated carbocycles. The molecule has 0 radical (unpaired) electrons. The molecule has 30 heavy (non-hydrogen) atoms. The van der Waals surface area contributed by atoms with Crippen LogP contribution in [0.15, 0.2) is 51.8 Å². The van der Waals surface area contributed by atoms with Gasteiger partial charge in [-0.1, -0.05) is 6.92 Å². The lowest BCUT2D eigenvalue weighted by molar-refractivity contribution is -0.117. The van der Waals surface area contributed by atoms with E-state index in [0.29, 0.717) is 17.9 Å². The molecule has 6 nitrogen and oxygen atoms in total. The molecule has 7 heteroatoms. The van der Waals surface area contributed by atoms with Gasteiger partial charge in [-0.3, -0.25) is 4.79 Å². The van der Waals surface area contributed by atoms with Gasteiger partial charge in [-0.2, -0.15) is 0 Å². The number of hydrogen-bond acceptors (Lipinski definition) is 5. The van der Waals surface area contributed by atoms with Gasteiger partial charge in [0.25, 0.3) is 10.0 Å². The van der Waals surface area contributed by atoms with Crippen LogP contribution in [0.4, 0.5) is 5.69 Å². The first kappa shape index (κ1) is 20.5. The molecule has 1 amide bonds. The number of sulfonamides is 1. The number of benzene rings is 2. The topological polar surface area (TPSA) is 76.8 Å². The van der Waals surface area contributed by atoms with E-state index in [4.69, 9.17) is 9.15 Å². The number of furan rings is 1. The van der Waals surface area contributed by atoms with Crippen molar-refractivity contribution in [1.29, 1.82) is 0 Å². The summed E-state index contributed by atoms with van der Waals surface area (Å²) in [6.07, 6.45) is 4.65. The third-order valence-corrected chi connectivity index (χ3v) is 7.22. The molecule has 0 atom stereocenters. The van der Waals surface area contributed by atoms with Gasteiger partial charge in [0.2, 0.25) is 5.91 Å². The lowest BCUT2D eigenvalue weighted by atomic mass is 9.96. The zero-order valence-corrected chi connectivity index (χ0v) is 18.0. The fraction of sp³-hybridized carbons (Fsp3) is 0.348. The molecule has 0 N–H and O–H groups in total. The van der Waals surface area contributed by atoms with Crippen molar-refractivity contribution in [2.75, 3.05) is 11.4 Å². The van der Waals surface area contributed by atoms with Gasteiger partial charge in [0, 0.05) is 23.8 Å². The van der Waals surface area contributed by atoms with Crippen LogP contribution in [0.2, 0.25) is 0 Å². The number of rotatable bonds is 6. The van der Waals surface area contributed by atoms with Crippen LogP contribution >= 0.6 is 0 Å². The van der Waals surface area contributed by atoms with Crippen LogP contribution in [0.3, 0.4) is 0 Å². The summed E-state index contributed by atoms with van der Waals surface area (Å²) in [5.74, 6) is 1.06. The summed E-state index contributed by atoms with van der Waals surface area (Å²) in [5.41, 5.74) is 2.20. The van der Waals surface area contributed by atoms with Crippen LogP contribution in [0.1, 0.15) is 43.9 Å². The minimum Gasteiger partial charge on any atom is -0.497 e. The van der Waals surface area contributed by atoms with Crippen molar-refractivity contribution in [3.63, 3.8) is 0 Å². The summed E-state index contributed by atoms with van der Waals surface area (Å²) in [5, 5.41) is 0.890. The summed E-state index contributed by atoms with van der Waals surface area (Å²) in [7, 11) is -2.56. The van der Waals surface area contributed by atoms with Crippen molar-refractivity contribution in [1.82, 2.24) is 0 Å². The van der Waals surface area contributed by atoms with E-state index in [1.165, 1.54) is 19.2 Å². The van der Waals surface area contributed by atoms with Crippen LogP contribution in [-0.4, -0.2) is 21.4 Å². The second-order valence-corrected chi connectivity index (χ2v) is 9.27. The molecule has 0 aliphatic heterocycles. The molecule has 0 saturated heterocycles. The normalized spacial score (nSPS) is 13.8. The zero-order chi connectivity index (χ0) is 21.3. The van der Waals surface area contributed by atoms with Crippen molar-refractivity contribution >= 4 is 32.6 Å². The highest BCUT2D eigenvalue weighted by molar-refractivity contribution is 7.93. The largest absolute Gasteiger partial charge is 0.497 e. The SMILES string of the molecule is CCCC(=O)N(c1ccc2oc3c(c2c1)CCCC3)S(=O)(=O)c1ccc(OC)cc1. The lowest BCUT2D eigenvalue weighted by Gasteiger charge is -2.23. The number of amides is 1. The Bertz CT molecular complexity index is 1180. The summed E-state index contributed by atoms with van der Waals surface area (Å²) in [6, 6.07) is 11.2. The number of carbonyl (C=O) groups excluding carboxylic acids is 1. The molecular weight excluding hydrogens is 402 g/mol. The summed E-state index contributed by atoms with van der Waals surface area (Å²) in [4.78, 5) is 13.0. The Hall–Kier alpha value is -2.80. The van der Waals surface area contributed by atoms with Gasteiger partial charge in [0.15, 0.2) is 0 Å². The molecule has 0 bridgehead atoms. The predicted octanol–water partition coefficient (Wildman–Crippen LogP) is 4.84. The third kappa shape index (κ3) is 3.58. The van der Waals surface area contributed by atoms with E-state index in [1.54, 1.807) is 30.3 Å². The summed E-state index contributed by atoms with van der Waals surface area (Å²) < 4.78 is 38.9. The van der Waals surface area contributed by atoms with Crippen molar-refractivity contribution in [3.05, 3.63) is 53.8 Å². The molecule has 0 unspecified atom stereocenters. The number of aryl methyl sites for hydroxylation is 2. The van der Waals surface area contributed by atoms with Gasteiger partial charge >= 0.3 is 0 Å². The number of ether oxygens (including phenoxy) is 1. The van der Waals surface area contributed by atoms with Gasteiger partial charge in [-0.15, -0.1) is 0 Å². The molecule has 1 aliphatic carbocycles. The van der Waals surface area contributed by atoms with Crippen LogP contribution in [0.5, 0.6) is 5.75 Å². The molecule has 1 aromatic heterocycles. The fourth-order valence-electron chi connectivity index (χ4n) is 3.96. The molecule has 2 aromatic carbocycles. The fourth-order valence-corrected chi connectivity index (χ4v) is 5.40. The smallest absolute Gasteiger partial charge is 0.270 e. The van der Waals surface area contributed by atoms with Crippen molar-refractivity contribution in [3.8, 4) is 5.75 Å². The van der Waals surface area contributed by atoms with Gasteiger partial charge in [-0.05, 0) is 68.1 Å². The minimum atomic E-state index is -4.08. The number of nitrogens with zero attached hydrogens (tertiary/aromatic N) is 1. The van der Waals surface area contributed by atoms with E-state index in [9.17, 15) is 13.2 Å². The van der Waals surface area contributed by atoms with Crippen LogP contribution in [0, 0.1) is 0 Å². The Morgan fingerprint density at radius 1 is 1.10 bits per heavy atom. The highest BCUT2D eigenvalue weighted by Gasteiger charge is 2.31. The first-order chi connectivity index (χ1) is 14.5. The first-order valence-electron chi connectivity index (χ1n) is 10.2. The summed E-state index contributed by atoms with van der Waals surface area (Å²) in [6.45, 7) is 1.85. The highest BCUT2D eigenvalue weighted by Crippen LogP contribution is 2.36. The maximum Gasteiger partial charge on any atom is 0.270 e. The molecule has 1 heterocycles. The van der Waals surface area contributed by atoms with Crippen molar-refractivity contribution in [2.24, 2.45) is 0 Å². The second-order valence-electron chi connectivity index (χ2n) is 7.48. The Kier molecular flexibility index (Phi) is 5.56. The van der Waals surface area contributed by atoms with E-state index in [0.717, 1.165) is 52.3 Å². The minimum absolute atomic E-state index is 0.0436. The average molecular weight is 428 g/mol. The molecule has 0 fully saturated rings. The Morgan fingerprint density at radius 3 is 2.53 bits per heavy atom. The van der Waals surface area contributed by atoms with E-state index in [1.807, 2.05) is 6.92 Å². The molecular formula is C23H25NO5S. The van der Waals surface area contributed by atoms with Gasteiger partial charge in [0.05, 0.1) is 17.7 Å². The third-order valence-electron chi connectivity index (χ3n) is 5.46. The van der Waals surface area contributed by atoms with Gasteiger partial charge < -0.3 is 9.15 Å². The van der Waals surface area contributed by atoms with Crippen LogP contribution in [0.25, 0.3) is 11.0 Å². The number of hydrogen-bond donors (Lipinski definition) is 0.